The zero-order chi connectivity index (χ0) is 18.6. The van der Waals surface area contributed by atoms with Gasteiger partial charge in [0.25, 0.3) is 0 Å². The second-order valence-electron chi connectivity index (χ2n) is 4.66. The van der Waals surface area contributed by atoms with Crippen LogP contribution in [0.3, 0.4) is 0 Å². The van der Waals surface area contributed by atoms with Crippen molar-refractivity contribution in [2.24, 2.45) is 4.99 Å². The van der Waals surface area contributed by atoms with Gasteiger partial charge in [0.1, 0.15) is 22.8 Å². The number of esters is 1. The maximum Gasteiger partial charge on any atom is 0.343 e. The van der Waals surface area contributed by atoms with Crippen LogP contribution in [0.25, 0.3) is 5.76 Å². The van der Waals surface area contributed by atoms with Gasteiger partial charge in [-0.05, 0) is 25.1 Å². The minimum Gasteiger partial charge on any atom is -0.506 e. The molecular formula is C15H12F3N3O4. The highest BCUT2D eigenvalue weighted by molar-refractivity contribution is 6.15. The number of nitrogens with zero attached hydrogens (tertiary/aromatic N) is 3. The Balaban J connectivity index is 2.55. The van der Waals surface area contributed by atoms with Crippen LogP contribution in [-0.4, -0.2) is 34.2 Å². The van der Waals surface area contributed by atoms with E-state index in [9.17, 15) is 23.1 Å². The molecule has 2 rings (SSSR count). The first-order chi connectivity index (χ1) is 11.8. The van der Waals surface area contributed by atoms with Crippen molar-refractivity contribution < 1.29 is 32.4 Å². The highest BCUT2D eigenvalue weighted by Gasteiger charge is 2.21. The second kappa shape index (κ2) is 7.60. The lowest BCUT2D eigenvalue weighted by atomic mass is 10.1. The number of ether oxygens (including phenoxy) is 1. The van der Waals surface area contributed by atoms with Crippen molar-refractivity contribution in [3.8, 4) is 0 Å². The molecular weight excluding hydrogens is 343 g/mol. The van der Waals surface area contributed by atoms with Gasteiger partial charge in [0.15, 0.2) is 11.6 Å². The van der Waals surface area contributed by atoms with Crippen molar-refractivity contribution in [1.29, 1.82) is 0 Å². The molecule has 0 fully saturated rings. The smallest absolute Gasteiger partial charge is 0.343 e. The van der Waals surface area contributed by atoms with Gasteiger partial charge in [0, 0.05) is 12.3 Å². The largest absolute Gasteiger partial charge is 0.506 e. The third-order valence-electron chi connectivity index (χ3n) is 2.96. The first-order valence-electron chi connectivity index (χ1n) is 6.93. The molecule has 1 heterocycles. The van der Waals surface area contributed by atoms with E-state index in [-0.39, 0.29) is 24.2 Å². The highest BCUT2D eigenvalue weighted by Crippen LogP contribution is 2.23. The molecule has 1 aromatic heterocycles. The number of carbonyl (C=O) groups is 1. The molecule has 25 heavy (non-hydrogen) atoms. The topological polar surface area (TPSA) is 97.8 Å². The third-order valence-corrected chi connectivity index (χ3v) is 2.96. The van der Waals surface area contributed by atoms with E-state index < -0.39 is 40.3 Å². The van der Waals surface area contributed by atoms with Gasteiger partial charge >= 0.3 is 5.97 Å². The van der Waals surface area contributed by atoms with Crippen LogP contribution in [0.1, 0.15) is 18.2 Å². The standard InChI is InChI=1S/C15H12F3N3O4/c1-3-24-15(23)9(6-19-14-7(2)20-25-21-14)13(22)8-4-11(17)12(18)5-10(8)16/h4-6,22H,3H2,1-2H3. The monoisotopic (exact) mass is 355 g/mol. The van der Waals surface area contributed by atoms with Gasteiger partial charge in [-0.1, -0.05) is 5.16 Å². The molecule has 0 saturated heterocycles. The van der Waals surface area contributed by atoms with Crippen molar-refractivity contribution in [1.82, 2.24) is 10.3 Å². The number of rotatable bonds is 5. The molecule has 0 aliphatic rings. The fraction of sp³-hybridized carbons (Fsp3) is 0.200. The zero-order valence-corrected chi connectivity index (χ0v) is 13.1. The van der Waals surface area contributed by atoms with Crippen molar-refractivity contribution in [2.45, 2.75) is 13.8 Å². The summed E-state index contributed by atoms with van der Waals surface area (Å²) >= 11 is 0. The molecule has 0 unspecified atom stereocenters. The quantitative estimate of drug-likeness (QED) is 0.291. The molecule has 0 atom stereocenters. The summed E-state index contributed by atoms with van der Waals surface area (Å²) in [6, 6.07) is 0.655. The number of aryl methyl sites for hydroxylation is 1. The molecule has 7 nitrogen and oxygen atoms in total. The predicted molar refractivity (Wildman–Crippen MR) is 79.7 cm³/mol. The Morgan fingerprint density at radius 2 is 1.96 bits per heavy atom. The normalized spacial score (nSPS) is 12.4. The summed E-state index contributed by atoms with van der Waals surface area (Å²) in [6.07, 6.45) is 0.834. The van der Waals surface area contributed by atoms with Gasteiger partial charge in [0.2, 0.25) is 5.82 Å². The maximum absolute atomic E-state index is 13.8. The Morgan fingerprint density at radius 3 is 2.56 bits per heavy atom. The number of aliphatic hydroxyl groups excluding tert-OH is 1. The molecule has 10 heteroatoms. The summed E-state index contributed by atoms with van der Waals surface area (Å²) in [5.74, 6) is -6.15. The van der Waals surface area contributed by atoms with E-state index in [0.717, 1.165) is 6.21 Å². The lowest BCUT2D eigenvalue weighted by Crippen LogP contribution is -2.12. The van der Waals surface area contributed by atoms with E-state index in [2.05, 4.69) is 19.9 Å². The van der Waals surface area contributed by atoms with Crippen LogP contribution in [0.15, 0.2) is 27.3 Å². The molecule has 1 aromatic carbocycles. The molecule has 1 N–H and O–H groups in total. The first kappa shape index (κ1) is 18.2. The summed E-state index contributed by atoms with van der Waals surface area (Å²) in [7, 11) is 0. The van der Waals surface area contributed by atoms with Crippen LogP contribution in [0.5, 0.6) is 0 Å². The molecule has 0 radical (unpaired) electrons. The fourth-order valence-corrected chi connectivity index (χ4v) is 1.74. The molecule has 0 bridgehead atoms. The second-order valence-corrected chi connectivity index (χ2v) is 4.66. The van der Waals surface area contributed by atoms with E-state index >= 15 is 0 Å². The summed E-state index contributed by atoms with van der Waals surface area (Å²) in [5.41, 5.74) is -1.03. The average molecular weight is 355 g/mol. The lowest BCUT2D eigenvalue weighted by Gasteiger charge is -2.08. The van der Waals surface area contributed by atoms with Crippen LogP contribution in [0.4, 0.5) is 19.0 Å². The Bertz CT molecular complexity index is 862. The van der Waals surface area contributed by atoms with Crippen LogP contribution >= 0.6 is 0 Å². The number of hydrogen-bond donors (Lipinski definition) is 1. The summed E-state index contributed by atoms with van der Waals surface area (Å²) in [5, 5.41) is 17.1. The minimum absolute atomic E-state index is 0.000331. The number of benzene rings is 1. The van der Waals surface area contributed by atoms with Gasteiger partial charge in [-0.2, -0.15) is 0 Å². The number of aliphatic imine (C=N–C) groups is 1. The first-order valence-corrected chi connectivity index (χ1v) is 6.93. The molecule has 0 spiro atoms. The van der Waals surface area contributed by atoms with Gasteiger partial charge in [-0.15, -0.1) is 0 Å². The number of aromatic nitrogens is 2. The number of aliphatic hydroxyl groups is 1. The molecule has 2 aromatic rings. The van der Waals surface area contributed by atoms with E-state index in [4.69, 9.17) is 4.74 Å². The van der Waals surface area contributed by atoms with Crippen LogP contribution in [0.2, 0.25) is 0 Å². The van der Waals surface area contributed by atoms with Crippen molar-refractivity contribution in [3.05, 3.63) is 46.4 Å². The van der Waals surface area contributed by atoms with Crippen LogP contribution in [0, 0.1) is 24.4 Å². The summed E-state index contributed by atoms with van der Waals surface area (Å²) < 4.78 is 49.4. The van der Waals surface area contributed by atoms with Crippen LogP contribution in [-0.2, 0) is 9.53 Å². The Hall–Kier alpha value is -3.17. The van der Waals surface area contributed by atoms with E-state index in [0.29, 0.717) is 6.07 Å². The van der Waals surface area contributed by atoms with Gasteiger partial charge < -0.3 is 9.84 Å². The Kier molecular flexibility index (Phi) is 5.52. The Morgan fingerprint density at radius 1 is 1.28 bits per heavy atom. The van der Waals surface area contributed by atoms with Crippen molar-refractivity contribution >= 4 is 23.8 Å². The highest BCUT2D eigenvalue weighted by atomic mass is 19.2. The van der Waals surface area contributed by atoms with E-state index in [1.54, 1.807) is 0 Å². The number of halogens is 3. The zero-order valence-electron chi connectivity index (χ0n) is 13.1. The van der Waals surface area contributed by atoms with Crippen molar-refractivity contribution in [3.63, 3.8) is 0 Å². The van der Waals surface area contributed by atoms with Gasteiger partial charge in [-0.3, -0.25) is 0 Å². The fourth-order valence-electron chi connectivity index (χ4n) is 1.74. The number of carbonyl (C=O) groups excluding carboxylic acids is 1. The van der Waals surface area contributed by atoms with Gasteiger partial charge in [0.05, 0.1) is 12.2 Å². The molecule has 0 saturated carbocycles. The summed E-state index contributed by atoms with van der Waals surface area (Å²) in [6.45, 7) is 2.98. The Labute approximate surface area is 139 Å². The molecule has 132 valence electrons. The lowest BCUT2D eigenvalue weighted by molar-refractivity contribution is -0.137. The van der Waals surface area contributed by atoms with Crippen LogP contribution < -0.4 is 0 Å². The minimum atomic E-state index is -1.44. The molecule has 0 aliphatic heterocycles. The van der Waals surface area contributed by atoms with E-state index in [1.165, 1.54) is 13.8 Å². The van der Waals surface area contributed by atoms with Crippen molar-refractivity contribution in [2.75, 3.05) is 6.61 Å². The van der Waals surface area contributed by atoms with Gasteiger partial charge in [-0.25, -0.2) is 27.6 Å². The summed E-state index contributed by atoms with van der Waals surface area (Å²) in [4.78, 5) is 15.8. The maximum atomic E-state index is 13.8. The SMILES string of the molecule is CCOC(=O)C(C=Nc1nonc1C)=C(O)c1cc(F)c(F)cc1F. The third kappa shape index (κ3) is 4.03. The molecule has 0 aliphatic carbocycles. The van der Waals surface area contributed by atoms with E-state index in [1.807, 2.05) is 0 Å². The molecule has 0 amide bonds. The predicted octanol–water partition coefficient (Wildman–Crippen LogP) is 3.03. The average Bonchev–Trinajstić information content (AvgIpc) is 2.96. The number of hydrogen-bond acceptors (Lipinski definition) is 7.